The Hall–Kier alpha value is -0.650. The van der Waals surface area contributed by atoms with Gasteiger partial charge in [0.1, 0.15) is 0 Å². The lowest BCUT2D eigenvalue weighted by molar-refractivity contribution is -0.343. The van der Waals surface area contributed by atoms with Crippen LogP contribution in [0.2, 0.25) is 0 Å². The monoisotopic (exact) mass is 316 g/mol. The van der Waals surface area contributed by atoms with Gasteiger partial charge >= 0.3 is 5.97 Å². The molecule has 1 aliphatic heterocycles. The van der Waals surface area contributed by atoms with Crippen LogP contribution < -0.4 is 0 Å². The van der Waals surface area contributed by atoms with Crippen LogP contribution in [0.15, 0.2) is 0 Å². The first kappa shape index (κ1) is 19.4. The average molecular weight is 316 g/mol. The number of carbonyl (C=O) groups excluding carboxylic acids is 1. The highest BCUT2D eigenvalue weighted by Gasteiger charge is 2.58. The minimum atomic E-state index is -1.83. The van der Waals surface area contributed by atoms with E-state index in [4.69, 9.17) is 14.2 Å². The van der Waals surface area contributed by atoms with Gasteiger partial charge in [-0.1, -0.05) is 27.2 Å². The number of methoxy groups -OCH3 is 2. The molecule has 0 aromatic rings. The Balaban J connectivity index is 2.96. The van der Waals surface area contributed by atoms with Crippen LogP contribution in [0.1, 0.15) is 59.8 Å². The largest absolute Gasteiger partial charge is 0.467 e. The molecule has 1 rings (SSSR count). The molecule has 1 saturated heterocycles. The SMILES string of the molecule is CC[C@H](C)C[C@H]1CC[C@](OC)([C@](C)(O)C(=O)OC)O[C@@H]1CC. The summed E-state index contributed by atoms with van der Waals surface area (Å²) in [6.07, 6.45) is 4.37. The van der Waals surface area contributed by atoms with Crippen LogP contribution in [-0.2, 0) is 19.0 Å². The Morgan fingerprint density at radius 3 is 2.55 bits per heavy atom. The molecule has 5 atom stereocenters. The van der Waals surface area contributed by atoms with E-state index in [0.717, 1.165) is 25.7 Å². The van der Waals surface area contributed by atoms with Crippen molar-refractivity contribution in [1.82, 2.24) is 0 Å². The zero-order valence-corrected chi connectivity index (χ0v) is 14.8. The number of ether oxygens (including phenoxy) is 3. The van der Waals surface area contributed by atoms with Crippen molar-refractivity contribution in [2.24, 2.45) is 11.8 Å². The molecule has 0 saturated carbocycles. The number of rotatable bonds is 7. The van der Waals surface area contributed by atoms with Crippen molar-refractivity contribution in [1.29, 1.82) is 0 Å². The van der Waals surface area contributed by atoms with Crippen molar-refractivity contribution in [3.05, 3.63) is 0 Å². The van der Waals surface area contributed by atoms with Gasteiger partial charge in [-0.2, -0.15) is 0 Å². The molecule has 0 radical (unpaired) electrons. The third-order valence-electron chi connectivity index (χ3n) is 5.17. The highest BCUT2D eigenvalue weighted by atomic mass is 16.7. The maximum absolute atomic E-state index is 12.0. The standard InChI is InChI=1S/C17H32O5/c1-7-12(3)11-13-9-10-17(21-6,22-14(13)8-2)16(4,19)15(18)20-5/h12-14,19H,7-11H2,1-6H3/t12-,13+,14+,16+,17+/m0/s1. The van der Waals surface area contributed by atoms with Crippen LogP contribution >= 0.6 is 0 Å². The summed E-state index contributed by atoms with van der Waals surface area (Å²) < 4.78 is 16.4. The first-order valence-corrected chi connectivity index (χ1v) is 8.31. The zero-order valence-electron chi connectivity index (χ0n) is 14.8. The molecule has 22 heavy (non-hydrogen) atoms. The maximum Gasteiger partial charge on any atom is 0.343 e. The van der Waals surface area contributed by atoms with E-state index in [9.17, 15) is 9.90 Å². The molecule has 5 heteroatoms. The van der Waals surface area contributed by atoms with Crippen LogP contribution in [0.5, 0.6) is 0 Å². The van der Waals surface area contributed by atoms with Gasteiger partial charge in [0.2, 0.25) is 11.4 Å². The molecule has 0 aromatic heterocycles. The van der Waals surface area contributed by atoms with Crippen LogP contribution in [0.4, 0.5) is 0 Å². The number of hydrogen-bond acceptors (Lipinski definition) is 5. The smallest absolute Gasteiger partial charge is 0.343 e. The molecule has 0 amide bonds. The van der Waals surface area contributed by atoms with Crippen LogP contribution in [0.3, 0.4) is 0 Å². The Bertz CT molecular complexity index is 368. The summed E-state index contributed by atoms with van der Waals surface area (Å²) in [6.45, 7) is 7.91. The lowest BCUT2D eigenvalue weighted by Gasteiger charge is -2.49. The minimum absolute atomic E-state index is 0.0289. The first-order valence-electron chi connectivity index (χ1n) is 8.31. The Morgan fingerprint density at radius 2 is 2.09 bits per heavy atom. The number of aliphatic hydroxyl groups is 1. The molecular formula is C17H32O5. The highest BCUT2D eigenvalue weighted by Crippen LogP contribution is 2.43. The van der Waals surface area contributed by atoms with Gasteiger partial charge in [0, 0.05) is 13.5 Å². The Kier molecular flexibility index (Phi) is 6.84. The van der Waals surface area contributed by atoms with Gasteiger partial charge in [-0.15, -0.1) is 0 Å². The number of carbonyl (C=O) groups is 1. The van der Waals surface area contributed by atoms with Crippen molar-refractivity contribution in [3.63, 3.8) is 0 Å². The summed E-state index contributed by atoms with van der Waals surface area (Å²) in [4.78, 5) is 12.0. The highest BCUT2D eigenvalue weighted by molar-refractivity contribution is 5.80. The maximum atomic E-state index is 12.0. The summed E-state index contributed by atoms with van der Waals surface area (Å²) in [7, 11) is 2.73. The fourth-order valence-corrected chi connectivity index (χ4v) is 3.39. The van der Waals surface area contributed by atoms with E-state index in [1.54, 1.807) is 0 Å². The van der Waals surface area contributed by atoms with Gasteiger partial charge in [-0.05, 0) is 38.0 Å². The van der Waals surface area contributed by atoms with Crippen molar-refractivity contribution in [2.75, 3.05) is 14.2 Å². The first-order chi connectivity index (χ1) is 10.3. The fraction of sp³-hybridized carbons (Fsp3) is 0.941. The van der Waals surface area contributed by atoms with Gasteiger partial charge in [-0.25, -0.2) is 4.79 Å². The second kappa shape index (κ2) is 7.75. The Morgan fingerprint density at radius 1 is 1.45 bits per heavy atom. The molecule has 0 spiro atoms. The van der Waals surface area contributed by atoms with E-state index < -0.39 is 17.4 Å². The van der Waals surface area contributed by atoms with E-state index in [0.29, 0.717) is 18.3 Å². The van der Waals surface area contributed by atoms with E-state index in [1.165, 1.54) is 21.1 Å². The van der Waals surface area contributed by atoms with Crippen LogP contribution in [0.25, 0.3) is 0 Å². The fourth-order valence-electron chi connectivity index (χ4n) is 3.39. The molecule has 0 unspecified atom stereocenters. The van der Waals surface area contributed by atoms with Gasteiger partial charge in [-0.3, -0.25) is 0 Å². The summed E-state index contributed by atoms with van der Waals surface area (Å²) >= 11 is 0. The average Bonchev–Trinajstić information content (AvgIpc) is 2.53. The number of hydrogen-bond donors (Lipinski definition) is 1. The summed E-state index contributed by atoms with van der Waals surface area (Å²) in [5.41, 5.74) is -1.83. The van der Waals surface area contributed by atoms with E-state index in [2.05, 4.69) is 20.8 Å². The minimum Gasteiger partial charge on any atom is -0.467 e. The lowest BCUT2D eigenvalue weighted by atomic mass is 9.78. The van der Waals surface area contributed by atoms with Crippen molar-refractivity contribution in [2.45, 2.75) is 77.3 Å². The quantitative estimate of drug-likeness (QED) is 0.732. The molecular weight excluding hydrogens is 284 g/mol. The van der Waals surface area contributed by atoms with Gasteiger partial charge in [0.25, 0.3) is 0 Å². The Labute approximate surface area is 134 Å². The van der Waals surface area contributed by atoms with Gasteiger partial charge < -0.3 is 19.3 Å². The topological polar surface area (TPSA) is 65.0 Å². The molecule has 1 heterocycles. The third kappa shape index (κ3) is 3.63. The van der Waals surface area contributed by atoms with Crippen molar-refractivity contribution < 1.29 is 24.1 Å². The second-order valence-electron chi connectivity index (χ2n) is 6.63. The molecule has 1 aliphatic rings. The lowest BCUT2D eigenvalue weighted by Crippen LogP contribution is -2.64. The zero-order chi connectivity index (χ0) is 17.0. The van der Waals surface area contributed by atoms with E-state index >= 15 is 0 Å². The van der Waals surface area contributed by atoms with Crippen LogP contribution in [0, 0.1) is 11.8 Å². The molecule has 5 nitrogen and oxygen atoms in total. The summed E-state index contributed by atoms with van der Waals surface area (Å²) in [6, 6.07) is 0. The van der Waals surface area contributed by atoms with Crippen molar-refractivity contribution in [3.8, 4) is 0 Å². The summed E-state index contributed by atoms with van der Waals surface area (Å²) in [5.74, 6) is -1.01. The molecule has 1 fully saturated rings. The number of esters is 1. The molecule has 0 bridgehead atoms. The predicted molar refractivity (Wildman–Crippen MR) is 84.3 cm³/mol. The molecule has 130 valence electrons. The molecule has 1 N–H and O–H groups in total. The normalized spacial score (nSPS) is 33.0. The third-order valence-corrected chi connectivity index (χ3v) is 5.17. The van der Waals surface area contributed by atoms with Crippen molar-refractivity contribution >= 4 is 5.97 Å². The van der Waals surface area contributed by atoms with Gasteiger partial charge in [0.05, 0.1) is 13.2 Å². The second-order valence-corrected chi connectivity index (χ2v) is 6.63. The predicted octanol–water partition coefficient (Wildman–Crippen LogP) is 2.89. The van der Waals surface area contributed by atoms with Gasteiger partial charge in [0.15, 0.2) is 0 Å². The van der Waals surface area contributed by atoms with E-state index in [1.807, 2.05) is 0 Å². The van der Waals surface area contributed by atoms with Crippen LogP contribution in [-0.4, -0.2) is 42.8 Å². The summed E-state index contributed by atoms with van der Waals surface area (Å²) in [5, 5.41) is 10.7. The molecule has 0 aromatic carbocycles. The van der Waals surface area contributed by atoms with E-state index in [-0.39, 0.29) is 6.10 Å². The molecule has 0 aliphatic carbocycles.